The van der Waals surface area contributed by atoms with Gasteiger partial charge in [0.25, 0.3) is 0 Å². The van der Waals surface area contributed by atoms with Crippen LogP contribution in [0.3, 0.4) is 0 Å². The predicted molar refractivity (Wildman–Crippen MR) is 170 cm³/mol. The Morgan fingerprint density at radius 3 is 2.32 bits per heavy atom. The van der Waals surface area contributed by atoms with Gasteiger partial charge in [0.1, 0.15) is 5.82 Å². The number of hydrogen-bond acceptors (Lipinski definition) is 4. The van der Waals surface area contributed by atoms with Crippen molar-refractivity contribution in [3.8, 4) is 0 Å². The third-order valence-corrected chi connectivity index (χ3v) is 11.1. The summed E-state index contributed by atoms with van der Waals surface area (Å²) < 4.78 is 43.3. The van der Waals surface area contributed by atoms with Crippen LogP contribution < -0.4 is 4.31 Å². The summed E-state index contributed by atoms with van der Waals surface area (Å²) in [6.45, 7) is 2.98. The first-order chi connectivity index (χ1) is 20.8. The van der Waals surface area contributed by atoms with E-state index in [1.54, 1.807) is 36.1 Å². The van der Waals surface area contributed by atoms with Crippen molar-refractivity contribution in [1.82, 2.24) is 4.90 Å². The van der Waals surface area contributed by atoms with E-state index in [0.29, 0.717) is 10.0 Å². The van der Waals surface area contributed by atoms with Gasteiger partial charge >= 0.3 is 5.97 Å². The number of carboxylic acid groups (broad SMARTS) is 1. The van der Waals surface area contributed by atoms with Gasteiger partial charge in [-0.25, -0.2) is 12.8 Å². The van der Waals surface area contributed by atoms with Gasteiger partial charge in [-0.1, -0.05) is 66.5 Å². The molecule has 0 bridgehead atoms. The van der Waals surface area contributed by atoms with E-state index in [1.165, 1.54) is 25.1 Å². The molecule has 2 fully saturated rings. The predicted octanol–water partition coefficient (Wildman–Crippen LogP) is 7.31. The molecule has 1 saturated carbocycles. The molecule has 11 heteroatoms. The second kappa shape index (κ2) is 12.7. The zero-order chi connectivity index (χ0) is 31.8. The van der Waals surface area contributed by atoms with Crippen molar-refractivity contribution < 1.29 is 27.5 Å². The van der Waals surface area contributed by atoms with E-state index in [-0.39, 0.29) is 42.1 Å². The fourth-order valence-electron chi connectivity index (χ4n) is 6.53. The Morgan fingerprint density at radius 2 is 1.73 bits per heavy atom. The molecule has 1 aliphatic heterocycles. The van der Waals surface area contributed by atoms with E-state index < -0.39 is 45.7 Å². The molecule has 3 aromatic carbocycles. The highest BCUT2D eigenvalue weighted by Crippen LogP contribution is 2.54. The zero-order valence-corrected chi connectivity index (χ0v) is 26.8. The molecule has 1 saturated heterocycles. The average Bonchev–Trinajstić information content (AvgIpc) is 3.81. The van der Waals surface area contributed by atoms with Gasteiger partial charge < -0.3 is 10.0 Å². The normalized spacial score (nSPS) is 22.9. The molecule has 3 aromatic rings. The minimum Gasteiger partial charge on any atom is -0.481 e. The summed E-state index contributed by atoms with van der Waals surface area (Å²) in [6.07, 6.45) is 1.31. The Hall–Kier alpha value is -3.14. The number of rotatable bonds is 11. The Kier molecular flexibility index (Phi) is 9.31. The van der Waals surface area contributed by atoms with E-state index in [4.69, 9.17) is 23.2 Å². The first-order valence-electron chi connectivity index (χ1n) is 14.6. The van der Waals surface area contributed by atoms with E-state index >= 15 is 4.39 Å². The van der Waals surface area contributed by atoms with E-state index in [1.807, 2.05) is 30.3 Å². The molecule has 5 rings (SSSR count). The molecule has 0 aromatic heterocycles. The molecule has 1 aliphatic carbocycles. The highest BCUT2D eigenvalue weighted by Gasteiger charge is 2.55. The van der Waals surface area contributed by atoms with E-state index in [9.17, 15) is 23.1 Å². The minimum absolute atomic E-state index is 0.0673. The van der Waals surface area contributed by atoms with Crippen molar-refractivity contribution in [3.63, 3.8) is 0 Å². The van der Waals surface area contributed by atoms with Gasteiger partial charge in [0.2, 0.25) is 15.9 Å². The summed E-state index contributed by atoms with van der Waals surface area (Å²) in [5.41, 5.74) is 0.202. The standard InChI is InChI=1S/C33H35Cl2FN2O5S/c1-3-44(42,43)37(28-10-5-4-9-27(28)36)20-29(21-11-12-21)38-31(22-13-15-24(34)16-14-22)26(23-7-6-8-25(35)17-23)18-33(2,32(38)41)19-30(39)40/h4-10,13-17,21,26,29,31H,3,11-12,18-20H2,1-2H3,(H,39,40)/t26-,29-,31-,33-/m1/s1. The maximum absolute atomic E-state index is 15.2. The Bertz CT molecular complexity index is 1650. The van der Waals surface area contributed by atoms with Crippen molar-refractivity contribution in [2.24, 2.45) is 11.3 Å². The molecule has 1 N–H and O–H groups in total. The lowest BCUT2D eigenvalue weighted by atomic mass is 9.67. The smallest absolute Gasteiger partial charge is 0.304 e. The number of sulfonamides is 1. The monoisotopic (exact) mass is 660 g/mol. The van der Waals surface area contributed by atoms with Crippen LogP contribution in [0.1, 0.15) is 62.6 Å². The Labute approximate surface area is 267 Å². The number of likely N-dealkylation sites (tertiary alicyclic amines) is 1. The molecule has 0 unspecified atom stereocenters. The number of anilines is 1. The van der Waals surface area contributed by atoms with Gasteiger partial charge in [0.15, 0.2) is 0 Å². The summed E-state index contributed by atoms with van der Waals surface area (Å²) in [5.74, 6) is -2.90. The number of halogens is 3. The molecule has 44 heavy (non-hydrogen) atoms. The lowest BCUT2D eigenvalue weighted by Gasteiger charge is -2.52. The molecule has 0 radical (unpaired) electrons. The van der Waals surface area contributed by atoms with Crippen LogP contribution >= 0.6 is 23.2 Å². The Morgan fingerprint density at radius 1 is 1.05 bits per heavy atom. The van der Waals surface area contributed by atoms with Gasteiger partial charge in [0, 0.05) is 16.0 Å². The number of piperidine rings is 1. The van der Waals surface area contributed by atoms with Crippen LogP contribution in [-0.2, 0) is 19.6 Å². The summed E-state index contributed by atoms with van der Waals surface area (Å²) in [5, 5.41) is 10.9. The molecule has 1 heterocycles. The molecule has 1 amide bonds. The quantitative estimate of drug-likeness (QED) is 0.233. The second-order valence-electron chi connectivity index (χ2n) is 12.0. The minimum atomic E-state index is -3.97. The van der Waals surface area contributed by atoms with E-state index in [2.05, 4.69) is 0 Å². The number of carboxylic acids is 1. The first-order valence-corrected chi connectivity index (χ1v) is 17.0. The third-order valence-electron chi connectivity index (χ3n) is 8.83. The molecule has 2 aliphatic rings. The number of hydrogen-bond donors (Lipinski definition) is 1. The summed E-state index contributed by atoms with van der Waals surface area (Å²) >= 11 is 12.7. The van der Waals surface area contributed by atoms with Crippen molar-refractivity contribution in [2.45, 2.75) is 57.5 Å². The number of nitrogens with zero attached hydrogens (tertiary/aromatic N) is 2. The molecule has 234 valence electrons. The van der Waals surface area contributed by atoms with Gasteiger partial charge in [-0.2, -0.15) is 0 Å². The number of benzene rings is 3. The summed E-state index contributed by atoms with van der Waals surface area (Å²) in [7, 11) is -3.97. The molecule has 4 atom stereocenters. The van der Waals surface area contributed by atoms with Crippen molar-refractivity contribution in [2.75, 3.05) is 16.6 Å². The third kappa shape index (κ3) is 6.60. The van der Waals surface area contributed by atoms with Gasteiger partial charge in [-0.3, -0.25) is 13.9 Å². The summed E-state index contributed by atoms with van der Waals surface area (Å²) in [4.78, 5) is 28.6. The fraction of sp³-hybridized carbons (Fsp3) is 0.394. The highest BCUT2D eigenvalue weighted by atomic mass is 35.5. The first kappa shape index (κ1) is 32.3. The van der Waals surface area contributed by atoms with Crippen LogP contribution in [0.15, 0.2) is 72.8 Å². The van der Waals surface area contributed by atoms with Gasteiger partial charge in [-0.15, -0.1) is 0 Å². The number of para-hydroxylation sites is 1. The molecular formula is C33H35Cl2FN2O5S. The number of carbonyl (C=O) groups is 2. The number of aliphatic carboxylic acids is 1. The number of carbonyl (C=O) groups excluding carboxylic acids is 1. The SMILES string of the molecule is CCS(=O)(=O)N(C[C@H](C1CC1)N1C(=O)[C@@](C)(CC(=O)O)C[C@H](c2cccc(Cl)c2)[C@H]1c1ccc(Cl)cc1)c1ccccc1F. The topological polar surface area (TPSA) is 95.0 Å². The van der Waals surface area contributed by atoms with Crippen molar-refractivity contribution in [1.29, 1.82) is 0 Å². The summed E-state index contributed by atoms with van der Waals surface area (Å²) in [6, 6.07) is 18.9. The fourth-order valence-corrected chi connectivity index (χ4v) is 8.00. The van der Waals surface area contributed by atoms with Crippen molar-refractivity contribution in [3.05, 3.63) is 99.8 Å². The lowest BCUT2D eigenvalue weighted by molar-refractivity contribution is -0.160. The van der Waals surface area contributed by atoms with Crippen LogP contribution in [0.4, 0.5) is 10.1 Å². The Balaban J connectivity index is 1.72. The molecule has 0 spiro atoms. The van der Waals surface area contributed by atoms with Crippen LogP contribution in [0.2, 0.25) is 10.0 Å². The van der Waals surface area contributed by atoms with Crippen LogP contribution in [-0.4, -0.2) is 48.6 Å². The maximum atomic E-state index is 15.2. The van der Waals surface area contributed by atoms with Crippen LogP contribution in [0.25, 0.3) is 0 Å². The zero-order valence-electron chi connectivity index (χ0n) is 24.5. The average molecular weight is 662 g/mol. The second-order valence-corrected chi connectivity index (χ2v) is 15.0. The molecular weight excluding hydrogens is 626 g/mol. The van der Waals surface area contributed by atoms with Crippen LogP contribution in [0.5, 0.6) is 0 Å². The van der Waals surface area contributed by atoms with Gasteiger partial charge in [0.05, 0.1) is 41.9 Å². The van der Waals surface area contributed by atoms with Crippen LogP contribution in [0, 0.1) is 17.2 Å². The maximum Gasteiger partial charge on any atom is 0.304 e. The number of amides is 1. The molecule has 7 nitrogen and oxygen atoms in total. The lowest BCUT2D eigenvalue weighted by Crippen LogP contribution is -2.59. The van der Waals surface area contributed by atoms with E-state index in [0.717, 1.165) is 28.3 Å². The highest BCUT2D eigenvalue weighted by molar-refractivity contribution is 7.92. The largest absolute Gasteiger partial charge is 0.481 e. The van der Waals surface area contributed by atoms with Crippen molar-refractivity contribution >= 4 is 50.8 Å². The van der Waals surface area contributed by atoms with Gasteiger partial charge in [-0.05, 0) is 79.6 Å².